The molecule has 6 heteroatoms. The van der Waals surface area contributed by atoms with E-state index < -0.39 is 0 Å². The van der Waals surface area contributed by atoms with E-state index in [-0.39, 0.29) is 12.0 Å². The van der Waals surface area contributed by atoms with Gasteiger partial charge < -0.3 is 4.90 Å². The Labute approximate surface area is 258 Å². The van der Waals surface area contributed by atoms with Crippen molar-refractivity contribution in [2.75, 3.05) is 4.90 Å². The maximum atomic E-state index is 4.97. The molecule has 7 aromatic rings. The summed E-state index contributed by atoms with van der Waals surface area (Å²) in [6, 6.07) is 35.8. The van der Waals surface area contributed by atoms with Crippen LogP contribution in [0.1, 0.15) is 11.5 Å². The second-order valence-corrected chi connectivity index (χ2v) is 12.2. The first-order chi connectivity index (χ1) is 21.8. The average molecular weight is 584 g/mol. The molecule has 9 rings (SSSR count). The molecule has 2 atom stereocenters. The Balaban J connectivity index is 1.17. The molecule has 3 aromatic heterocycles. The zero-order chi connectivity index (χ0) is 29.0. The molecule has 0 radical (unpaired) electrons. The van der Waals surface area contributed by atoms with Crippen molar-refractivity contribution < 1.29 is 0 Å². The number of anilines is 2. The van der Waals surface area contributed by atoms with Crippen LogP contribution < -0.4 is 4.90 Å². The summed E-state index contributed by atoms with van der Waals surface area (Å²) in [5.74, 6) is 1.52. The van der Waals surface area contributed by atoms with Crippen molar-refractivity contribution in [3.8, 4) is 33.9 Å². The van der Waals surface area contributed by atoms with E-state index in [9.17, 15) is 0 Å². The quantitative estimate of drug-likeness (QED) is 0.207. The highest BCUT2D eigenvalue weighted by atomic mass is 32.1. The molecule has 0 saturated carbocycles. The van der Waals surface area contributed by atoms with E-state index in [1.165, 1.54) is 31.4 Å². The summed E-state index contributed by atoms with van der Waals surface area (Å²) < 4.78 is 2.57. The first kappa shape index (κ1) is 25.1. The molecule has 1 aliphatic carbocycles. The Kier molecular flexibility index (Phi) is 5.74. The number of allylic oxidation sites excluding steroid dienone is 2. The van der Waals surface area contributed by atoms with Gasteiger partial charge in [-0.3, -0.25) is 0 Å². The molecule has 0 fully saturated rings. The fourth-order valence-corrected chi connectivity index (χ4v) is 7.73. The molecule has 0 spiro atoms. The molecule has 5 nitrogen and oxygen atoms in total. The van der Waals surface area contributed by atoms with Crippen LogP contribution in [0.3, 0.4) is 0 Å². The van der Waals surface area contributed by atoms with Gasteiger partial charge in [-0.2, -0.15) is 0 Å². The van der Waals surface area contributed by atoms with Crippen LogP contribution in [0.5, 0.6) is 0 Å². The number of hydrogen-bond donors (Lipinski definition) is 0. The SMILES string of the molecule is C1=CC2c3ccc4c(sc5ccccc54)c3N(c3ncc(-c4nc(-c5ccccc5)cc(-c5ccccc5)n4)cn3)C2C=C1. The number of benzene rings is 4. The van der Waals surface area contributed by atoms with E-state index in [4.69, 9.17) is 19.9 Å². The fraction of sp³-hybridized carbons (Fsp3) is 0.0526. The number of thiophene rings is 1. The molecular formula is C38H25N5S. The van der Waals surface area contributed by atoms with Crippen LogP contribution in [-0.2, 0) is 0 Å². The minimum atomic E-state index is 0.110. The van der Waals surface area contributed by atoms with E-state index in [2.05, 4.69) is 89.9 Å². The summed E-state index contributed by atoms with van der Waals surface area (Å²) in [5.41, 5.74) is 7.09. The van der Waals surface area contributed by atoms with Gasteiger partial charge in [0.15, 0.2) is 5.82 Å². The fourth-order valence-electron chi connectivity index (χ4n) is 6.47. The Morgan fingerprint density at radius 2 is 1.27 bits per heavy atom. The first-order valence-corrected chi connectivity index (χ1v) is 15.5. The number of hydrogen-bond acceptors (Lipinski definition) is 6. The normalized spacial score (nSPS) is 16.9. The van der Waals surface area contributed by atoms with Gasteiger partial charge >= 0.3 is 0 Å². The van der Waals surface area contributed by atoms with Crippen molar-refractivity contribution in [1.82, 2.24) is 19.9 Å². The van der Waals surface area contributed by atoms with Gasteiger partial charge in [0.25, 0.3) is 0 Å². The predicted octanol–water partition coefficient (Wildman–Crippen LogP) is 9.37. The van der Waals surface area contributed by atoms with Gasteiger partial charge in [-0.15, -0.1) is 11.3 Å². The first-order valence-electron chi connectivity index (χ1n) is 14.7. The van der Waals surface area contributed by atoms with E-state index >= 15 is 0 Å². The Morgan fingerprint density at radius 1 is 0.614 bits per heavy atom. The highest BCUT2D eigenvalue weighted by Gasteiger charge is 2.40. The molecular weight excluding hydrogens is 559 g/mol. The summed E-state index contributed by atoms with van der Waals surface area (Å²) >= 11 is 1.84. The molecule has 2 unspecified atom stereocenters. The summed E-state index contributed by atoms with van der Waals surface area (Å²) in [6.07, 6.45) is 12.6. The summed E-state index contributed by atoms with van der Waals surface area (Å²) in [4.78, 5) is 22.2. The molecule has 0 amide bonds. The molecule has 4 aromatic carbocycles. The predicted molar refractivity (Wildman–Crippen MR) is 180 cm³/mol. The van der Waals surface area contributed by atoms with Gasteiger partial charge in [-0.1, -0.05) is 115 Å². The Hall–Kier alpha value is -5.46. The van der Waals surface area contributed by atoms with Crippen LogP contribution in [0.4, 0.5) is 11.6 Å². The van der Waals surface area contributed by atoms with E-state index in [0.717, 1.165) is 28.1 Å². The number of fused-ring (bicyclic) bond motifs is 7. The van der Waals surface area contributed by atoms with Crippen LogP contribution >= 0.6 is 11.3 Å². The molecule has 2 aliphatic rings. The van der Waals surface area contributed by atoms with Crippen LogP contribution in [0.15, 0.2) is 140 Å². The maximum absolute atomic E-state index is 4.97. The molecule has 0 saturated heterocycles. The van der Waals surface area contributed by atoms with Gasteiger partial charge in [-0.05, 0) is 17.7 Å². The van der Waals surface area contributed by atoms with Crippen molar-refractivity contribution >= 4 is 43.1 Å². The lowest BCUT2D eigenvalue weighted by molar-refractivity contribution is 0.730. The summed E-state index contributed by atoms with van der Waals surface area (Å²) in [7, 11) is 0. The zero-order valence-electron chi connectivity index (χ0n) is 23.6. The average Bonchev–Trinajstić information content (AvgIpc) is 3.65. The van der Waals surface area contributed by atoms with Crippen LogP contribution in [-0.4, -0.2) is 26.0 Å². The second kappa shape index (κ2) is 10.1. The lowest BCUT2D eigenvalue weighted by atomic mass is 9.91. The molecule has 0 N–H and O–H groups in total. The number of rotatable bonds is 4. The van der Waals surface area contributed by atoms with Crippen molar-refractivity contribution in [2.24, 2.45) is 0 Å². The molecule has 4 heterocycles. The van der Waals surface area contributed by atoms with Crippen LogP contribution in [0, 0.1) is 0 Å². The van der Waals surface area contributed by atoms with Crippen molar-refractivity contribution in [3.63, 3.8) is 0 Å². The third-order valence-electron chi connectivity index (χ3n) is 8.53. The van der Waals surface area contributed by atoms with Crippen molar-refractivity contribution in [1.29, 1.82) is 0 Å². The topological polar surface area (TPSA) is 54.8 Å². The Morgan fingerprint density at radius 3 is 2.00 bits per heavy atom. The standard InChI is InChI=1S/C38H25N5S/c1-3-11-24(12-4-1)31-21-32(25-13-5-2-6-14-25)42-37(41-31)26-22-39-38(40-23-26)43-33-17-9-7-15-27(33)29-19-20-30-28-16-8-10-18-34(28)44-36(30)35(29)43/h1-23,27,33H. The van der Waals surface area contributed by atoms with Gasteiger partial charge in [0.1, 0.15) is 0 Å². The van der Waals surface area contributed by atoms with Crippen LogP contribution in [0.25, 0.3) is 54.1 Å². The largest absolute Gasteiger partial charge is 0.301 e. The highest BCUT2D eigenvalue weighted by molar-refractivity contribution is 7.26. The lowest BCUT2D eigenvalue weighted by Gasteiger charge is -2.26. The molecule has 208 valence electrons. The number of nitrogens with zero attached hydrogens (tertiary/aromatic N) is 5. The van der Waals surface area contributed by atoms with Gasteiger partial charge in [0, 0.05) is 44.9 Å². The van der Waals surface area contributed by atoms with Gasteiger partial charge in [0.05, 0.1) is 33.4 Å². The minimum Gasteiger partial charge on any atom is -0.301 e. The van der Waals surface area contributed by atoms with Gasteiger partial charge in [0.2, 0.25) is 5.95 Å². The number of aromatic nitrogens is 4. The Bertz CT molecular complexity index is 2180. The lowest BCUT2D eigenvalue weighted by Crippen LogP contribution is -2.30. The maximum Gasteiger partial charge on any atom is 0.230 e. The van der Waals surface area contributed by atoms with Crippen LogP contribution in [0.2, 0.25) is 0 Å². The molecule has 1 aliphatic heterocycles. The van der Waals surface area contributed by atoms with E-state index in [0.29, 0.717) is 11.8 Å². The van der Waals surface area contributed by atoms with Gasteiger partial charge in [-0.25, -0.2) is 19.9 Å². The highest BCUT2D eigenvalue weighted by Crippen LogP contribution is 2.52. The second-order valence-electron chi connectivity index (χ2n) is 11.1. The third kappa shape index (κ3) is 3.99. The zero-order valence-corrected chi connectivity index (χ0v) is 24.4. The molecule has 0 bridgehead atoms. The van der Waals surface area contributed by atoms with Crippen molar-refractivity contribution in [2.45, 2.75) is 12.0 Å². The minimum absolute atomic E-state index is 0.110. The molecule has 44 heavy (non-hydrogen) atoms. The van der Waals surface area contributed by atoms with Crippen molar-refractivity contribution in [3.05, 3.63) is 145 Å². The third-order valence-corrected chi connectivity index (χ3v) is 9.73. The van der Waals surface area contributed by atoms with E-state index in [1.807, 2.05) is 66.2 Å². The monoisotopic (exact) mass is 583 g/mol. The summed E-state index contributed by atoms with van der Waals surface area (Å²) in [6.45, 7) is 0. The smallest absolute Gasteiger partial charge is 0.230 e. The van der Waals surface area contributed by atoms with E-state index in [1.54, 1.807) is 0 Å². The summed E-state index contributed by atoms with van der Waals surface area (Å²) in [5, 5.41) is 2.56.